The molecular weight excluding hydrogens is 342 g/mol. The van der Waals surface area contributed by atoms with E-state index in [4.69, 9.17) is 10.5 Å². The molecule has 138 valence electrons. The van der Waals surface area contributed by atoms with E-state index in [1.165, 1.54) is 24.9 Å². The summed E-state index contributed by atoms with van der Waals surface area (Å²) in [5.41, 5.74) is 6.07. The fourth-order valence-corrected chi connectivity index (χ4v) is 2.59. The average Bonchev–Trinajstić information content (AvgIpc) is 2.62. The average molecular weight is 362 g/mol. The van der Waals surface area contributed by atoms with Gasteiger partial charge in [0.1, 0.15) is 5.75 Å². The number of hydrogen-bond donors (Lipinski definition) is 1. The molecule has 2 aromatic rings. The molecule has 0 aromatic heterocycles. The molecule has 0 unspecified atom stereocenters. The molecular formula is C19H20F2N2O3. The van der Waals surface area contributed by atoms with Crippen LogP contribution in [-0.2, 0) is 9.59 Å². The van der Waals surface area contributed by atoms with Gasteiger partial charge in [-0.1, -0.05) is 30.3 Å². The molecule has 0 aliphatic carbocycles. The van der Waals surface area contributed by atoms with Crippen LogP contribution in [0.2, 0.25) is 0 Å². The number of ether oxygens (including phenoxy) is 1. The van der Waals surface area contributed by atoms with Gasteiger partial charge in [-0.2, -0.15) is 0 Å². The van der Waals surface area contributed by atoms with E-state index in [2.05, 4.69) is 0 Å². The van der Waals surface area contributed by atoms with Crippen molar-refractivity contribution in [2.75, 3.05) is 7.05 Å². The third kappa shape index (κ3) is 4.78. The number of halogens is 2. The highest BCUT2D eigenvalue weighted by atomic mass is 19.2. The summed E-state index contributed by atoms with van der Waals surface area (Å²) in [6.07, 6.45) is -1.02. The normalized spacial score (nSPS) is 12.9. The molecule has 5 nitrogen and oxygen atoms in total. The number of rotatable bonds is 7. The second kappa shape index (κ2) is 8.42. The van der Waals surface area contributed by atoms with Crippen LogP contribution in [0.4, 0.5) is 8.78 Å². The maximum atomic E-state index is 13.3. The summed E-state index contributed by atoms with van der Waals surface area (Å²) in [5.74, 6) is -3.01. The Morgan fingerprint density at radius 3 is 2.35 bits per heavy atom. The number of likely N-dealkylation sites (N-methyl/N-ethyl adjacent to an activating group) is 1. The van der Waals surface area contributed by atoms with Crippen molar-refractivity contribution in [1.82, 2.24) is 4.90 Å². The molecule has 0 aliphatic rings. The molecule has 0 saturated carbocycles. The first-order valence-electron chi connectivity index (χ1n) is 8.01. The Morgan fingerprint density at radius 1 is 1.12 bits per heavy atom. The van der Waals surface area contributed by atoms with E-state index in [9.17, 15) is 18.4 Å². The lowest BCUT2D eigenvalue weighted by atomic mass is 10.0. The Balaban J connectivity index is 2.16. The van der Waals surface area contributed by atoms with Crippen molar-refractivity contribution in [1.29, 1.82) is 0 Å². The molecule has 2 atom stereocenters. The van der Waals surface area contributed by atoms with Crippen LogP contribution in [0.5, 0.6) is 5.75 Å². The van der Waals surface area contributed by atoms with Gasteiger partial charge in [-0.05, 0) is 24.6 Å². The first kappa shape index (κ1) is 19.4. The van der Waals surface area contributed by atoms with Gasteiger partial charge in [-0.15, -0.1) is 0 Å². The van der Waals surface area contributed by atoms with E-state index < -0.39 is 35.6 Å². The summed E-state index contributed by atoms with van der Waals surface area (Å²) in [7, 11) is 1.54. The van der Waals surface area contributed by atoms with Gasteiger partial charge in [0.25, 0.3) is 5.91 Å². The van der Waals surface area contributed by atoms with Crippen LogP contribution in [0, 0.1) is 11.6 Å². The zero-order chi connectivity index (χ0) is 19.3. The minimum Gasteiger partial charge on any atom is -0.481 e. The molecule has 0 radical (unpaired) electrons. The van der Waals surface area contributed by atoms with Crippen LogP contribution in [0.3, 0.4) is 0 Å². The second-order valence-electron chi connectivity index (χ2n) is 5.88. The zero-order valence-electron chi connectivity index (χ0n) is 14.5. The summed E-state index contributed by atoms with van der Waals surface area (Å²) in [4.78, 5) is 25.5. The van der Waals surface area contributed by atoms with Crippen molar-refractivity contribution in [2.45, 2.75) is 25.5 Å². The third-order valence-electron chi connectivity index (χ3n) is 3.95. The zero-order valence-corrected chi connectivity index (χ0v) is 14.5. The molecule has 7 heteroatoms. The summed E-state index contributed by atoms with van der Waals surface area (Å²) < 4.78 is 31.7. The van der Waals surface area contributed by atoms with Gasteiger partial charge in [0.15, 0.2) is 17.7 Å². The Kier molecular flexibility index (Phi) is 6.27. The van der Waals surface area contributed by atoms with E-state index in [-0.39, 0.29) is 12.2 Å². The van der Waals surface area contributed by atoms with Crippen molar-refractivity contribution in [3.8, 4) is 5.75 Å². The van der Waals surface area contributed by atoms with E-state index in [1.54, 1.807) is 24.3 Å². The topological polar surface area (TPSA) is 72.6 Å². The van der Waals surface area contributed by atoms with Crippen molar-refractivity contribution < 1.29 is 23.1 Å². The largest absolute Gasteiger partial charge is 0.481 e. The molecule has 0 fully saturated rings. The van der Waals surface area contributed by atoms with Crippen LogP contribution in [0.1, 0.15) is 24.9 Å². The highest BCUT2D eigenvalue weighted by molar-refractivity contribution is 5.82. The number of primary amides is 1. The predicted octanol–water partition coefficient (Wildman–Crippen LogP) is 2.81. The molecule has 2 aromatic carbocycles. The highest BCUT2D eigenvalue weighted by Crippen LogP contribution is 2.24. The van der Waals surface area contributed by atoms with Gasteiger partial charge in [0.2, 0.25) is 5.91 Å². The number of amides is 2. The lowest BCUT2D eigenvalue weighted by Crippen LogP contribution is -2.41. The highest BCUT2D eigenvalue weighted by Gasteiger charge is 2.28. The van der Waals surface area contributed by atoms with Crippen LogP contribution in [0.25, 0.3) is 0 Å². The van der Waals surface area contributed by atoms with Crippen molar-refractivity contribution in [2.24, 2.45) is 5.73 Å². The standard InChI is InChI=1S/C19H20F2N2O3/c1-12(26-14-8-9-15(20)16(21)10-14)19(25)23(2)17(11-18(22)24)13-6-4-3-5-7-13/h3-10,12,17H,11H2,1-2H3,(H2,22,24)/t12-,17+/m1/s1. The van der Waals surface area contributed by atoms with Gasteiger partial charge in [-0.25, -0.2) is 8.78 Å². The molecule has 0 aliphatic heterocycles. The van der Waals surface area contributed by atoms with Crippen molar-refractivity contribution in [3.05, 3.63) is 65.7 Å². The number of benzene rings is 2. The van der Waals surface area contributed by atoms with E-state index in [0.29, 0.717) is 0 Å². The van der Waals surface area contributed by atoms with Crippen LogP contribution >= 0.6 is 0 Å². The Morgan fingerprint density at radius 2 is 1.77 bits per heavy atom. The Hall–Kier alpha value is -2.96. The van der Waals surface area contributed by atoms with Crippen LogP contribution < -0.4 is 10.5 Å². The Labute approximate surface area is 150 Å². The first-order chi connectivity index (χ1) is 12.3. The van der Waals surface area contributed by atoms with Gasteiger partial charge < -0.3 is 15.4 Å². The molecule has 0 bridgehead atoms. The van der Waals surface area contributed by atoms with E-state index in [1.807, 2.05) is 6.07 Å². The van der Waals surface area contributed by atoms with Gasteiger partial charge >= 0.3 is 0 Å². The lowest BCUT2D eigenvalue weighted by Gasteiger charge is -2.30. The minimum absolute atomic E-state index is 0.0318. The van der Waals surface area contributed by atoms with Crippen LogP contribution in [0.15, 0.2) is 48.5 Å². The van der Waals surface area contributed by atoms with Crippen molar-refractivity contribution in [3.63, 3.8) is 0 Å². The predicted molar refractivity (Wildman–Crippen MR) is 92.2 cm³/mol. The SMILES string of the molecule is C[C@@H](Oc1ccc(F)c(F)c1)C(=O)N(C)[C@@H](CC(N)=O)c1ccccc1. The monoisotopic (exact) mass is 362 g/mol. The number of hydrogen-bond acceptors (Lipinski definition) is 3. The quantitative estimate of drug-likeness (QED) is 0.823. The number of carbonyl (C=O) groups is 2. The van der Waals surface area contributed by atoms with E-state index in [0.717, 1.165) is 17.7 Å². The summed E-state index contributed by atoms with van der Waals surface area (Å²) >= 11 is 0. The molecule has 0 spiro atoms. The summed E-state index contributed by atoms with van der Waals surface area (Å²) in [6.45, 7) is 1.49. The molecule has 0 saturated heterocycles. The maximum Gasteiger partial charge on any atom is 0.263 e. The second-order valence-corrected chi connectivity index (χ2v) is 5.88. The first-order valence-corrected chi connectivity index (χ1v) is 8.01. The molecule has 2 rings (SSSR count). The molecule has 2 amide bonds. The lowest BCUT2D eigenvalue weighted by molar-refractivity contribution is -0.139. The van der Waals surface area contributed by atoms with Gasteiger partial charge in [0, 0.05) is 13.1 Å². The summed E-state index contributed by atoms with van der Waals surface area (Å²) in [5, 5.41) is 0. The van der Waals surface area contributed by atoms with E-state index >= 15 is 0 Å². The maximum absolute atomic E-state index is 13.3. The molecule has 0 heterocycles. The van der Waals surface area contributed by atoms with Crippen LogP contribution in [-0.4, -0.2) is 29.9 Å². The Bertz CT molecular complexity index is 784. The molecule has 2 N–H and O–H groups in total. The van der Waals surface area contributed by atoms with Crippen molar-refractivity contribution >= 4 is 11.8 Å². The minimum atomic E-state index is -1.06. The fraction of sp³-hybridized carbons (Fsp3) is 0.263. The number of carbonyl (C=O) groups excluding carboxylic acids is 2. The number of nitrogens with two attached hydrogens (primary N) is 1. The summed E-state index contributed by atoms with van der Waals surface area (Å²) in [6, 6.07) is 11.5. The smallest absolute Gasteiger partial charge is 0.263 e. The van der Waals surface area contributed by atoms with Gasteiger partial charge in [0.05, 0.1) is 12.5 Å². The third-order valence-corrected chi connectivity index (χ3v) is 3.95. The number of nitrogens with zero attached hydrogens (tertiary/aromatic N) is 1. The molecule has 26 heavy (non-hydrogen) atoms. The van der Waals surface area contributed by atoms with Gasteiger partial charge in [-0.3, -0.25) is 9.59 Å². The fourth-order valence-electron chi connectivity index (χ4n) is 2.59.